The number of amides is 1. The Morgan fingerprint density at radius 1 is 1.32 bits per heavy atom. The van der Waals surface area contributed by atoms with Crippen molar-refractivity contribution in [2.75, 3.05) is 0 Å². The summed E-state index contributed by atoms with van der Waals surface area (Å²) < 4.78 is 0. The summed E-state index contributed by atoms with van der Waals surface area (Å²) >= 11 is 1.62. The van der Waals surface area contributed by atoms with Gasteiger partial charge in [0.25, 0.3) is 5.91 Å². The summed E-state index contributed by atoms with van der Waals surface area (Å²) in [4.78, 5) is 17.4. The van der Waals surface area contributed by atoms with Crippen molar-refractivity contribution >= 4 is 17.2 Å². The van der Waals surface area contributed by atoms with Crippen LogP contribution in [0.3, 0.4) is 0 Å². The molecule has 0 bridgehead atoms. The topological polar surface area (TPSA) is 68.0 Å². The predicted octanol–water partition coefficient (Wildman–Crippen LogP) is 2.15. The molecule has 0 aliphatic rings. The third-order valence-electron chi connectivity index (χ3n) is 2.86. The first kappa shape index (κ1) is 13.7. The standard InChI is InChI=1S/C14H17N3OS/c1-9-13(19-10(2)17-9)8-16-14(18)12-5-3-11(7-15)4-6-12/h3-6H,7-8,15H2,1-2H3,(H,16,18). The maximum atomic E-state index is 12.0. The van der Waals surface area contributed by atoms with Gasteiger partial charge in [-0.2, -0.15) is 0 Å². The lowest BCUT2D eigenvalue weighted by Crippen LogP contribution is -2.22. The molecule has 1 amide bonds. The van der Waals surface area contributed by atoms with Crippen LogP contribution in [0.5, 0.6) is 0 Å². The van der Waals surface area contributed by atoms with Crippen LogP contribution >= 0.6 is 11.3 Å². The molecule has 0 saturated carbocycles. The molecule has 0 spiro atoms. The molecule has 0 aliphatic heterocycles. The van der Waals surface area contributed by atoms with Gasteiger partial charge >= 0.3 is 0 Å². The van der Waals surface area contributed by atoms with Gasteiger partial charge in [-0.15, -0.1) is 11.3 Å². The highest BCUT2D eigenvalue weighted by molar-refractivity contribution is 7.11. The van der Waals surface area contributed by atoms with Gasteiger partial charge in [-0.1, -0.05) is 12.1 Å². The number of rotatable bonds is 4. The molecule has 3 N–H and O–H groups in total. The fourth-order valence-corrected chi connectivity index (χ4v) is 2.67. The van der Waals surface area contributed by atoms with Crippen molar-refractivity contribution in [2.45, 2.75) is 26.9 Å². The quantitative estimate of drug-likeness (QED) is 0.898. The van der Waals surface area contributed by atoms with Crippen LogP contribution in [0.2, 0.25) is 0 Å². The van der Waals surface area contributed by atoms with Crippen molar-refractivity contribution in [1.29, 1.82) is 0 Å². The smallest absolute Gasteiger partial charge is 0.251 e. The minimum atomic E-state index is -0.0750. The summed E-state index contributed by atoms with van der Waals surface area (Å²) in [6.07, 6.45) is 0. The molecule has 0 fully saturated rings. The summed E-state index contributed by atoms with van der Waals surface area (Å²) in [5, 5.41) is 3.93. The van der Waals surface area contributed by atoms with Gasteiger partial charge in [-0.3, -0.25) is 4.79 Å². The summed E-state index contributed by atoms with van der Waals surface area (Å²) in [6, 6.07) is 7.33. The highest BCUT2D eigenvalue weighted by Crippen LogP contribution is 2.16. The van der Waals surface area contributed by atoms with E-state index in [4.69, 9.17) is 5.73 Å². The number of hydrogen-bond donors (Lipinski definition) is 2. The molecule has 1 aromatic heterocycles. The molecule has 2 rings (SSSR count). The Labute approximate surface area is 116 Å². The van der Waals surface area contributed by atoms with E-state index < -0.39 is 0 Å². The zero-order valence-electron chi connectivity index (χ0n) is 11.1. The zero-order valence-corrected chi connectivity index (χ0v) is 11.9. The first-order valence-corrected chi connectivity index (χ1v) is 6.92. The molecule has 19 heavy (non-hydrogen) atoms. The molecule has 100 valence electrons. The van der Waals surface area contributed by atoms with Gasteiger partial charge in [0.15, 0.2) is 0 Å². The van der Waals surface area contributed by atoms with Crippen LogP contribution in [0, 0.1) is 13.8 Å². The van der Waals surface area contributed by atoms with E-state index in [0.29, 0.717) is 18.7 Å². The molecule has 0 atom stereocenters. The second-order valence-electron chi connectivity index (χ2n) is 4.33. The van der Waals surface area contributed by atoms with Crippen molar-refractivity contribution in [1.82, 2.24) is 10.3 Å². The van der Waals surface area contributed by atoms with Gasteiger partial charge in [0.2, 0.25) is 0 Å². The van der Waals surface area contributed by atoms with Crippen molar-refractivity contribution < 1.29 is 4.79 Å². The first-order chi connectivity index (χ1) is 9.10. The maximum Gasteiger partial charge on any atom is 0.251 e. The maximum absolute atomic E-state index is 12.0. The number of benzene rings is 1. The van der Waals surface area contributed by atoms with E-state index in [2.05, 4.69) is 10.3 Å². The Bertz CT molecular complexity index is 575. The number of nitrogens with one attached hydrogen (secondary N) is 1. The third-order valence-corrected chi connectivity index (χ3v) is 3.93. The van der Waals surface area contributed by atoms with E-state index in [0.717, 1.165) is 21.1 Å². The highest BCUT2D eigenvalue weighted by atomic mass is 32.1. The third kappa shape index (κ3) is 3.39. The Kier molecular flexibility index (Phi) is 4.29. The van der Waals surface area contributed by atoms with E-state index >= 15 is 0 Å². The molecule has 0 saturated heterocycles. The lowest BCUT2D eigenvalue weighted by atomic mass is 10.1. The van der Waals surface area contributed by atoms with Crippen LogP contribution in [0.25, 0.3) is 0 Å². The summed E-state index contributed by atoms with van der Waals surface area (Å²) in [5.41, 5.74) is 8.18. The Morgan fingerprint density at radius 2 is 2.00 bits per heavy atom. The Morgan fingerprint density at radius 3 is 2.53 bits per heavy atom. The van der Waals surface area contributed by atoms with Crippen molar-refractivity contribution in [3.63, 3.8) is 0 Å². The molecule has 0 aliphatic carbocycles. The average Bonchev–Trinajstić information content (AvgIpc) is 2.74. The number of hydrogen-bond acceptors (Lipinski definition) is 4. The summed E-state index contributed by atoms with van der Waals surface area (Å²) in [7, 11) is 0. The molecule has 0 unspecified atom stereocenters. The second kappa shape index (κ2) is 5.95. The number of carbonyl (C=O) groups excluding carboxylic acids is 1. The predicted molar refractivity (Wildman–Crippen MR) is 77.1 cm³/mol. The van der Waals surface area contributed by atoms with E-state index in [1.165, 1.54) is 0 Å². The van der Waals surface area contributed by atoms with Crippen LogP contribution in [0.4, 0.5) is 0 Å². The highest BCUT2D eigenvalue weighted by Gasteiger charge is 2.08. The van der Waals surface area contributed by atoms with Gasteiger partial charge in [-0.25, -0.2) is 4.98 Å². The summed E-state index contributed by atoms with van der Waals surface area (Å²) in [5.74, 6) is -0.0750. The lowest BCUT2D eigenvalue weighted by molar-refractivity contribution is 0.0951. The van der Waals surface area contributed by atoms with Crippen molar-refractivity contribution in [2.24, 2.45) is 5.73 Å². The Hall–Kier alpha value is -1.72. The van der Waals surface area contributed by atoms with E-state index in [1.807, 2.05) is 26.0 Å². The number of carbonyl (C=O) groups is 1. The minimum absolute atomic E-state index is 0.0750. The number of aryl methyl sites for hydroxylation is 2. The second-order valence-corrected chi connectivity index (χ2v) is 5.61. The van der Waals surface area contributed by atoms with Crippen molar-refractivity contribution in [3.8, 4) is 0 Å². The molecule has 2 aromatic rings. The first-order valence-electron chi connectivity index (χ1n) is 6.10. The SMILES string of the molecule is Cc1nc(C)c(CNC(=O)c2ccc(CN)cc2)s1. The zero-order chi connectivity index (χ0) is 13.8. The fraction of sp³-hybridized carbons (Fsp3) is 0.286. The van der Waals surface area contributed by atoms with Gasteiger partial charge in [0.05, 0.1) is 17.2 Å². The molecule has 4 nitrogen and oxygen atoms in total. The number of nitrogens with two attached hydrogens (primary N) is 1. The number of thiazole rings is 1. The normalized spacial score (nSPS) is 10.5. The van der Waals surface area contributed by atoms with Gasteiger partial charge < -0.3 is 11.1 Å². The van der Waals surface area contributed by atoms with E-state index in [1.54, 1.807) is 23.5 Å². The van der Waals surface area contributed by atoms with Gasteiger partial charge in [0, 0.05) is 17.0 Å². The lowest BCUT2D eigenvalue weighted by Gasteiger charge is -2.05. The molecule has 1 heterocycles. The molecule has 5 heteroatoms. The van der Waals surface area contributed by atoms with Gasteiger partial charge in [0.1, 0.15) is 0 Å². The van der Waals surface area contributed by atoms with E-state index in [9.17, 15) is 4.79 Å². The van der Waals surface area contributed by atoms with Gasteiger partial charge in [-0.05, 0) is 31.5 Å². The molecular weight excluding hydrogens is 258 g/mol. The monoisotopic (exact) mass is 275 g/mol. The van der Waals surface area contributed by atoms with Crippen LogP contribution in [-0.4, -0.2) is 10.9 Å². The number of nitrogens with zero attached hydrogens (tertiary/aromatic N) is 1. The van der Waals surface area contributed by atoms with Crippen molar-refractivity contribution in [3.05, 3.63) is 51.0 Å². The molecular formula is C14H17N3OS. The van der Waals surface area contributed by atoms with Crippen LogP contribution in [-0.2, 0) is 13.1 Å². The average molecular weight is 275 g/mol. The minimum Gasteiger partial charge on any atom is -0.347 e. The van der Waals surface area contributed by atoms with Crippen LogP contribution in [0.15, 0.2) is 24.3 Å². The molecule has 1 aromatic carbocycles. The Balaban J connectivity index is 1.99. The molecule has 0 radical (unpaired) electrons. The number of aromatic nitrogens is 1. The summed E-state index contributed by atoms with van der Waals surface area (Å²) in [6.45, 7) is 4.94. The largest absolute Gasteiger partial charge is 0.347 e. The fourth-order valence-electron chi connectivity index (χ4n) is 1.79. The van der Waals surface area contributed by atoms with Crippen LogP contribution < -0.4 is 11.1 Å². The van der Waals surface area contributed by atoms with E-state index in [-0.39, 0.29) is 5.91 Å². The van der Waals surface area contributed by atoms with Crippen LogP contribution in [0.1, 0.15) is 31.5 Å².